The van der Waals surface area contributed by atoms with Crippen LogP contribution < -0.4 is 0 Å². The van der Waals surface area contributed by atoms with Crippen molar-refractivity contribution in [1.82, 2.24) is 0 Å². The number of esters is 3. The molecule has 0 fully saturated rings. The summed E-state index contributed by atoms with van der Waals surface area (Å²) < 4.78 is 16.8. The van der Waals surface area contributed by atoms with E-state index in [0.717, 1.165) is 135 Å². The van der Waals surface area contributed by atoms with Crippen molar-refractivity contribution in [2.45, 2.75) is 258 Å². The Labute approximate surface area is 413 Å². The molecule has 67 heavy (non-hydrogen) atoms. The smallest absolute Gasteiger partial charge is 0.306 e. The van der Waals surface area contributed by atoms with Crippen LogP contribution >= 0.6 is 0 Å². The van der Waals surface area contributed by atoms with Crippen LogP contribution in [0.15, 0.2) is 97.2 Å². The van der Waals surface area contributed by atoms with Crippen LogP contribution in [0.25, 0.3) is 0 Å². The summed E-state index contributed by atoms with van der Waals surface area (Å²) in [5.41, 5.74) is 0. The monoisotopic (exact) mass is 931 g/mol. The van der Waals surface area contributed by atoms with Crippen molar-refractivity contribution in [3.8, 4) is 0 Å². The molecule has 0 bridgehead atoms. The van der Waals surface area contributed by atoms with Gasteiger partial charge in [-0.25, -0.2) is 0 Å². The summed E-state index contributed by atoms with van der Waals surface area (Å²) in [6.45, 7) is 6.38. The molecule has 0 N–H and O–H groups in total. The molecule has 0 aromatic heterocycles. The van der Waals surface area contributed by atoms with Crippen LogP contribution in [-0.2, 0) is 28.6 Å². The standard InChI is InChI=1S/C61H102O6/c1-4-7-10-13-16-19-22-25-28-29-30-31-34-36-39-42-45-48-51-54-60(63)66-57-58(67-61(64)55-52-49-46-43-40-37-33-27-24-21-18-15-12-9-6-3)56-65-59(62)53-50-47-44-41-38-35-32-26-23-20-17-14-11-8-5-2/h7,9-10,12,16,18-19,21,25,27-28,30-31,33,36,39,58H,4-6,8,11,13-15,17,20,22-24,26,29,32,34-35,37-38,40-57H2,1-3H3/b10-7-,12-9-,19-16-,21-18-,28-25-,31-30-,33-27-,39-36-/t58-/m1/s1. The topological polar surface area (TPSA) is 78.9 Å². The van der Waals surface area contributed by atoms with E-state index in [1.54, 1.807) is 0 Å². The van der Waals surface area contributed by atoms with E-state index in [1.807, 2.05) is 0 Å². The van der Waals surface area contributed by atoms with Gasteiger partial charge in [0.2, 0.25) is 0 Å². The molecule has 0 amide bonds. The number of hydrogen-bond donors (Lipinski definition) is 0. The van der Waals surface area contributed by atoms with E-state index in [9.17, 15) is 14.4 Å². The zero-order chi connectivity index (χ0) is 48.6. The van der Waals surface area contributed by atoms with Crippen molar-refractivity contribution in [2.24, 2.45) is 0 Å². The highest BCUT2D eigenvalue weighted by Gasteiger charge is 2.19. The summed E-state index contributed by atoms with van der Waals surface area (Å²) >= 11 is 0. The quantitative estimate of drug-likeness (QED) is 0.0262. The van der Waals surface area contributed by atoms with Gasteiger partial charge in [-0.2, -0.15) is 0 Å². The summed E-state index contributed by atoms with van der Waals surface area (Å²) in [6.07, 6.45) is 72.5. The van der Waals surface area contributed by atoms with E-state index in [0.29, 0.717) is 19.3 Å². The maximum absolute atomic E-state index is 12.8. The number of allylic oxidation sites excluding steroid dienone is 16. The highest BCUT2D eigenvalue weighted by molar-refractivity contribution is 5.71. The van der Waals surface area contributed by atoms with Gasteiger partial charge in [0.05, 0.1) is 0 Å². The fraction of sp³-hybridized carbons (Fsp3) is 0.689. The van der Waals surface area contributed by atoms with E-state index >= 15 is 0 Å². The average Bonchev–Trinajstić information content (AvgIpc) is 3.33. The van der Waals surface area contributed by atoms with E-state index in [2.05, 4.69) is 118 Å². The minimum Gasteiger partial charge on any atom is -0.462 e. The zero-order valence-corrected chi connectivity index (χ0v) is 43.6. The predicted octanol–water partition coefficient (Wildman–Crippen LogP) is 18.5. The Morgan fingerprint density at radius 1 is 0.313 bits per heavy atom. The number of unbranched alkanes of at least 4 members (excludes halogenated alkanes) is 22. The first-order valence-electron chi connectivity index (χ1n) is 27.7. The van der Waals surface area contributed by atoms with Crippen LogP contribution in [0.3, 0.4) is 0 Å². The number of hydrogen-bond acceptors (Lipinski definition) is 6. The minimum absolute atomic E-state index is 0.0942. The van der Waals surface area contributed by atoms with Crippen molar-refractivity contribution in [1.29, 1.82) is 0 Å². The third-order valence-corrected chi connectivity index (χ3v) is 11.6. The normalized spacial score (nSPS) is 12.8. The minimum atomic E-state index is -0.800. The largest absolute Gasteiger partial charge is 0.462 e. The molecular weight excluding hydrogens is 829 g/mol. The molecule has 0 saturated heterocycles. The lowest BCUT2D eigenvalue weighted by molar-refractivity contribution is -0.167. The molecule has 0 radical (unpaired) electrons. The van der Waals surface area contributed by atoms with Crippen molar-refractivity contribution in [2.75, 3.05) is 13.2 Å². The number of ether oxygens (including phenoxy) is 3. The van der Waals surface area contributed by atoms with Crippen molar-refractivity contribution >= 4 is 17.9 Å². The lowest BCUT2D eigenvalue weighted by Crippen LogP contribution is -2.30. The molecule has 382 valence electrons. The van der Waals surface area contributed by atoms with Crippen molar-refractivity contribution < 1.29 is 28.6 Å². The zero-order valence-electron chi connectivity index (χ0n) is 43.6. The highest BCUT2D eigenvalue weighted by Crippen LogP contribution is 2.15. The van der Waals surface area contributed by atoms with Crippen molar-refractivity contribution in [3.05, 3.63) is 97.2 Å². The Morgan fingerprint density at radius 3 is 0.925 bits per heavy atom. The second-order valence-electron chi connectivity index (χ2n) is 18.1. The molecule has 0 aliphatic rings. The number of rotatable bonds is 49. The fourth-order valence-corrected chi connectivity index (χ4v) is 7.48. The van der Waals surface area contributed by atoms with Crippen LogP contribution in [0.2, 0.25) is 0 Å². The van der Waals surface area contributed by atoms with Gasteiger partial charge >= 0.3 is 17.9 Å². The first-order valence-corrected chi connectivity index (χ1v) is 27.7. The fourth-order valence-electron chi connectivity index (χ4n) is 7.48. The first-order chi connectivity index (χ1) is 33.0. The maximum atomic E-state index is 12.8. The van der Waals surface area contributed by atoms with E-state index in [-0.39, 0.29) is 31.1 Å². The van der Waals surface area contributed by atoms with E-state index in [1.165, 1.54) is 77.0 Å². The van der Waals surface area contributed by atoms with Gasteiger partial charge in [-0.3, -0.25) is 14.4 Å². The predicted molar refractivity (Wildman–Crippen MR) is 288 cm³/mol. The molecule has 0 aromatic rings. The molecular formula is C61H102O6. The van der Waals surface area contributed by atoms with Crippen molar-refractivity contribution in [3.63, 3.8) is 0 Å². The SMILES string of the molecule is CC/C=C\C/C=C\C/C=C\C/C=C\C/C=C\CCCCCC(=O)OC[C@@H](COC(=O)CCCCCCCCCCCCCCCCC)OC(=O)CCCCCCC/C=C\C/C=C\C/C=C\CC. The van der Waals surface area contributed by atoms with Crippen LogP contribution in [0.5, 0.6) is 0 Å². The van der Waals surface area contributed by atoms with Gasteiger partial charge in [0.25, 0.3) is 0 Å². The number of carbonyl (C=O) groups is 3. The Balaban J connectivity index is 4.47. The number of carbonyl (C=O) groups excluding carboxylic acids is 3. The van der Waals surface area contributed by atoms with Crippen LogP contribution in [-0.4, -0.2) is 37.2 Å². The van der Waals surface area contributed by atoms with E-state index < -0.39 is 6.10 Å². The summed E-state index contributed by atoms with van der Waals surface area (Å²) in [6, 6.07) is 0. The molecule has 0 saturated carbocycles. The molecule has 0 heterocycles. The lowest BCUT2D eigenvalue weighted by atomic mass is 10.0. The Kier molecular flexibility index (Phi) is 51.9. The molecule has 6 nitrogen and oxygen atoms in total. The molecule has 6 heteroatoms. The summed E-state index contributed by atoms with van der Waals surface area (Å²) in [5.74, 6) is -0.942. The Morgan fingerprint density at radius 2 is 0.582 bits per heavy atom. The second kappa shape index (κ2) is 54.9. The van der Waals surface area contributed by atoms with Gasteiger partial charge in [-0.05, 0) is 96.3 Å². The lowest BCUT2D eigenvalue weighted by Gasteiger charge is -2.18. The molecule has 0 aliphatic carbocycles. The summed E-state index contributed by atoms with van der Waals surface area (Å²) in [5, 5.41) is 0. The van der Waals surface area contributed by atoms with Gasteiger partial charge in [-0.15, -0.1) is 0 Å². The summed E-state index contributed by atoms with van der Waals surface area (Å²) in [4.78, 5) is 38.1. The Bertz CT molecular complexity index is 1350. The average molecular weight is 931 g/mol. The third kappa shape index (κ3) is 53.2. The summed E-state index contributed by atoms with van der Waals surface area (Å²) in [7, 11) is 0. The van der Waals surface area contributed by atoms with Gasteiger partial charge in [0, 0.05) is 19.3 Å². The molecule has 0 aromatic carbocycles. The molecule has 0 rings (SSSR count). The third-order valence-electron chi connectivity index (χ3n) is 11.6. The van der Waals surface area contributed by atoms with Gasteiger partial charge in [0.1, 0.15) is 13.2 Å². The maximum Gasteiger partial charge on any atom is 0.306 e. The highest BCUT2D eigenvalue weighted by atomic mass is 16.6. The van der Waals surface area contributed by atoms with Crippen LogP contribution in [0.1, 0.15) is 252 Å². The molecule has 0 unspecified atom stereocenters. The molecule has 1 atom stereocenters. The van der Waals surface area contributed by atoms with Gasteiger partial charge in [0.15, 0.2) is 6.10 Å². The van der Waals surface area contributed by atoms with Crippen LogP contribution in [0, 0.1) is 0 Å². The Hall–Kier alpha value is -3.67. The molecule has 0 aliphatic heterocycles. The van der Waals surface area contributed by atoms with Crippen LogP contribution in [0.4, 0.5) is 0 Å². The second-order valence-corrected chi connectivity index (χ2v) is 18.1. The first kappa shape index (κ1) is 63.3. The van der Waals surface area contributed by atoms with E-state index in [4.69, 9.17) is 14.2 Å². The molecule has 0 spiro atoms. The van der Waals surface area contributed by atoms with Gasteiger partial charge in [-0.1, -0.05) is 234 Å². The van der Waals surface area contributed by atoms with Gasteiger partial charge < -0.3 is 14.2 Å².